The summed E-state index contributed by atoms with van der Waals surface area (Å²) in [7, 11) is 0. The molecule has 1 unspecified atom stereocenters. The van der Waals surface area contributed by atoms with Gasteiger partial charge in [0.2, 0.25) is 0 Å². The van der Waals surface area contributed by atoms with Gasteiger partial charge in [0.25, 0.3) is 5.91 Å². The summed E-state index contributed by atoms with van der Waals surface area (Å²) in [6, 6.07) is 0.437. The molecular weight excluding hydrogens is 236 g/mol. The van der Waals surface area contributed by atoms with Crippen LogP contribution >= 0.6 is 0 Å². The minimum atomic E-state index is -2.92. The molecule has 9 heteroatoms. The predicted molar refractivity (Wildman–Crippen MR) is 50.9 cm³/mol. The molecule has 0 aliphatic carbocycles. The van der Waals surface area contributed by atoms with Gasteiger partial charge in [-0.25, -0.2) is 9.48 Å². The van der Waals surface area contributed by atoms with E-state index in [4.69, 9.17) is 5.73 Å². The molecule has 3 amide bonds. The molecular formula is C8H9F2N5O2. The van der Waals surface area contributed by atoms with Crippen LogP contribution in [0.5, 0.6) is 0 Å². The second-order valence-electron chi connectivity index (χ2n) is 3.46. The van der Waals surface area contributed by atoms with Gasteiger partial charge in [0.15, 0.2) is 5.54 Å². The van der Waals surface area contributed by atoms with E-state index in [2.05, 4.69) is 10.4 Å². The minimum Gasteiger partial charge on any atom is -0.327 e. The first-order chi connectivity index (χ1) is 8.01. The van der Waals surface area contributed by atoms with Crippen molar-refractivity contribution in [3.63, 3.8) is 0 Å². The second-order valence-corrected chi connectivity index (χ2v) is 3.46. The standard InChI is InChI=1S/C8H9F2N5O2/c9-6(10)15-4(1-2-12-15)8(3-11)5(16)13-7(17)14-8/h1-2,6H,3,11H2,(H2,13,14,16,17). The number of aromatic nitrogens is 2. The SMILES string of the molecule is NCC1(c2ccnn2C(F)F)NC(=O)NC1=O. The fourth-order valence-corrected chi connectivity index (χ4v) is 1.73. The molecule has 2 heterocycles. The molecule has 1 aromatic heterocycles. The maximum Gasteiger partial charge on any atom is 0.333 e. The summed E-state index contributed by atoms with van der Waals surface area (Å²) >= 11 is 0. The zero-order chi connectivity index (χ0) is 12.6. The Morgan fingerprint density at radius 1 is 1.53 bits per heavy atom. The van der Waals surface area contributed by atoms with Crippen LogP contribution in [0.15, 0.2) is 12.3 Å². The van der Waals surface area contributed by atoms with Crippen molar-refractivity contribution in [3.05, 3.63) is 18.0 Å². The highest BCUT2D eigenvalue weighted by Gasteiger charge is 2.49. The number of hydrogen-bond acceptors (Lipinski definition) is 4. The number of nitrogens with two attached hydrogens (primary N) is 1. The first-order valence-electron chi connectivity index (χ1n) is 4.67. The van der Waals surface area contributed by atoms with E-state index in [1.165, 1.54) is 6.07 Å². The highest BCUT2D eigenvalue weighted by Crippen LogP contribution is 2.26. The summed E-state index contributed by atoms with van der Waals surface area (Å²) in [6.07, 6.45) is 1.11. The highest BCUT2D eigenvalue weighted by molar-refractivity contribution is 6.07. The first-order valence-corrected chi connectivity index (χ1v) is 4.67. The Kier molecular flexibility index (Phi) is 2.54. The van der Waals surface area contributed by atoms with Crippen LogP contribution in [0.25, 0.3) is 0 Å². The number of nitrogens with zero attached hydrogens (tertiary/aromatic N) is 2. The number of hydrogen-bond donors (Lipinski definition) is 3. The topological polar surface area (TPSA) is 102 Å². The van der Waals surface area contributed by atoms with Crippen molar-refractivity contribution < 1.29 is 18.4 Å². The normalized spacial score (nSPS) is 24.0. The van der Waals surface area contributed by atoms with Crippen LogP contribution in [0.1, 0.15) is 12.2 Å². The Labute approximate surface area is 94.0 Å². The van der Waals surface area contributed by atoms with Gasteiger partial charge in [-0.2, -0.15) is 13.9 Å². The molecule has 17 heavy (non-hydrogen) atoms. The number of nitrogens with one attached hydrogen (secondary N) is 2. The van der Waals surface area contributed by atoms with E-state index in [-0.39, 0.29) is 12.2 Å². The Balaban J connectivity index is 2.52. The lowest BCUT2D eigenvalue weighted by molar-refractivity contribution is -0.124. The third kappa shape index (κ3) is 1.55. The van der Waals surface area contributed by atoms with Crippen molar-refractivity contribution in [2.24, 2.45) is 5.73 Å². The van der Waals surface area contributed by atoms with Crippen molar-refractivity contribution in [2.45, 2.75) is 12.1 Å². The molecule has 1 aliphatic heterocycles. The van der Waals surface area contributed by atoms with Crippen LogP contribution in [0.2, 0.25) is 0 Å². The smallest absolute Gasteiger partial charge is 0.327 e. The predicted octanol–water partition coefficient (Wildman–Crippen LogP) is -0.728. The van der Waals surface area contributed by atoms with Gasteiger partial charge in [-0.1, -0.05) is 0 Å². The summed E-state index contributed by atoms with van der Waals surface area (Å²) < 4.78 is 25.7. The number of carbonyl (C=O) groups is 2. The summed E-state index contributed by atoms with van der Waals surface area (Å²) in [6.45, 7) is -3.27. The van der Waals surface area contributed by atoms with Crippen LogP contribution in [-0.4, -0.2) is 28.3 Å². The summed E-state index contributed by atoms with van der Waals surface area (Å²) in [5, 5.41) is 7.60. The van der Waals surface area contributed by atoms with Gasteiger partial charge in [0.05, 0.1) is 5.69 Å². The average molecular weight is 245 g/mol. The maximum atomic E-state index is 12.7. The lowest BCUT2D eigenvalue weighted by Crippen LogP contribution is -2.51. The van der Waals surface area contributed by atoms with Crippen molar-refractivity contribution >= 4 is 11.9 Å². The van der Waals surface area contributed by atoms with E-state index < -0.39 is 24.0 Å². The van der Waals surface area contributed by atoms with E-state index in [1.807, 2.05) is 5.32 Å². The van der Waals surface area contributed by atoms with Gasteiger partial charge in [0, 0.05) is 12.7 Å². The maximum absolute atomic E-state index is 12.7. The third-order valence-corrected chi connectivity index (χ3v) is 2.54. The van der Waals surface area contributed by atoms with Gasteiger partial charge >= 0.3 is 12.6 Å². The fourth-order valence-electron chi connectivity index (χ4n) is 1.73. The molecule has 2 rings (SSSR count). The van der Waals surface area contributed by atoms with Gasteiger partial charge in [-0.3, -0.25) is 10.1 Å². The molecule has 0 spiro atoms. The van der Waals surface area contributed by atoms with Crippen LogP contribution in [0.4, 0.5) is 13.6 Å². The molecule has 1 aromatic rings. The number of imide groups is 1. The van der Waals surface area contributed by atoms with Crippen LogP contribution in [0.3, 0.4) is 0 Å². The van der Waals surface area contributed by atoms with Crippen LogP contribution < -0.4 is 16.4 Å². The molecule has 7 nitrogen and oxygen atoms in total. The zero-order valence-electron chi connectivity index (χ0n) is 8.48. The van der Waals surface area contributed by atoms with Gasteiger partial charge in [-0.05, 0) is 6.07 Å². The molecule has 1 atom stereocenters. The first kappa shape index (κ1) is 11.5. The Bertz CT molecular complexity index is 474. The molecule has 1 saturated heterocycles. The van der Waals surface area contributed by atoms with E-state index in [9.17, 15) is 18.4 Å². The Morgan fingerprint density at radius 3 is 2.71 bits per heavy atom. The average Bonchev–Trinajstić information content (AvgIpc) is 2.83. The molecule has 4 N–H and O–H groups in total. The van der Waals surface area contributed by atoms with Crippen LogP contribution in [-0.2, 0) is 10.3 Å². The third-order valence-electron chi connectivity index (χ3n) is 2.54. The Hall–Kier alpha value is -2.03. The van der Waals surface area contributed by atoms with Crippen molar-refractivity contribution in [3.8, 4) is 0 Å². The molecule has 0 saturated carbocycles. The van der Waals surface area contributed by atoms with Crippen molar-refractivity contribution in [2.75, 3.05) is 6.54 Å². The molecule has 1 fully saturated rings. The number of alkyl halides is 2. The number of amides is 3. The minimum absolute atomic E-state index is 0.154. The summed E-state index contributed by atoms with van der Waals surface area (Å²) in [4.78, 5) is 22.7. The fraction of sp³-hybridized carbons (Fsp3) is 0.375. The second kappa shape index (κ2) is 3.77. The largest absolute Gasteiger partial charge is 0.333 e. The molecule has 92 valence electrons. The number of urea groups is 1. The van der Waals surface area contributed by atoms with Gasteiger partial charge in [-0.15, -0.1) is 0 Å². The summed E-state index contributed by atoms with van der Waals surface area (Å²) in [5.41, 5.74) is 3.58. The van der Waals surface area contributed by atoms with E-state index in [0.29, 0.717) is 4.68 Å². The lowest BCUT2D eigenvalue weighted by atomic mass is 9.95. The van der Waals surface area contributed by atoms with E-state index in [1.54, 1.807) is 0 Å². The molecule has 1 aliphatic rings. The molecule has 0 aromatic carbocycles. The van der Waals surface area contributed by atoms with Crippen molar-refractivity contribution in [1.82, 2.24) is 20.4 Å². The van der Waals surface area contributed by atoms with Gasteiger partial charge < -0.3 is 11.1 Å². The Morgan fingerprint density at radius 2 is 2.24 bits per heavy atom. The number of halogens is 2. The number of carbonyl (C=O) groups excluding carboxylic acids is 2. The van der Waals surface area contributed by atoms with Gasteiger partial charge in [0.1, 0.15) is 0 Å². The molecule has 0 bridgehead atoms. The number of rotatable bonds is 3. The zero-order valence-corrected chi connectivity index (χ0v) is 8.48. The summed E-state index contributed by atoms with van der Waals surface area (Å²) in [5.74, 6) is -0.771. The highest BCUT2D eigenvalue weighted by atomic mass is 19.3. The van der Waals surface area contributed by atoms with E-state index >= 15 is 0 Å². The lowest BCUT2D eigenvalue weighted by Gasteiger charge is -2.24. The van der Waals surface area contributed by atoms with E-state index in [0.717, 1.165) is 6.20 Å². The quantitative estimate of drug-likeness (QED) is 0.611. The monoisotopic (exact) mass is 245 g/mol. The van der Waals surface area contributed by atoms with Crippen molar-refractivity contribution in [1.29, 1.82) is 0 Å². The van der Waals surface area contributed by atoms with Crippen LogP contribution in [0, 0.1) is 0 Å². The molecule has 0 radical (unpaired) electrons.